The summed E-state index contributed by atoms with van der Waals surface area (Å²) in [7, 11) is 0. The van der Waals surface area contributed by atoms with Gasteiger partial charge in [0.1, 0.15) is 0 Å². The predicted molar refractivity (Wildman–Crippen MR) is 431 cm³/mol. The third-order valence-electron chi connectivity index (χ3n) is 21.0. The van der Waals surface area contributed by atoms with Gasteiger partial charge in [-0.05, 0) is 199 Å². The van der Waals surface area contributed by atoms with Gasteiger partial charge in [-0.3, -0.25) is 0 Å². The third-order valence-corrected chi connectivity index (χ3v) is 21.0. The maximum Gasteiger partial charge on any atom is 0.252 e. The summed E-state index contributed by atoms with van der Waals surface area (Å²) in [5.41, 5.74) is 31.5. The van der Waals surface area contributed by atoms with Crippen molar-refractivity contribution in [3.63, 3.8) is 0 Å². The maximum absolute atomic E-state index is 2.62. The van der Waals surface area contributed by atoms with Gasteiger partial charge in [0.05, 0.1) is 27.8 Å². The summed E-state index contributed by atoms with van der Waals surface area (Å²) in [6, 6.07) is 144. The van der Waals surface area contributed by atoms with Crippen LogP contribution >= 0.6 is 0 Å². The van der Waals surface area contributed by atoms with E-state index in [0.29, 0.717) is 0 Å². The Morgan fingerprint density at radius 3 is 0.931 bits per heavy atom. The number of fused-ring (bicyclic) bond motifs is 10. The smallest absolute Gasteiger partial charge is 0.252 e. The van der Waals surface area contributed by atoms with E-state index in [2.05, 4.69) is 412 Å². The van der Waals surface area contributed by atoms with Crippen molar-refractivity contribution in [1.82, 2.24) is 9.13 Å². The number of rotatable bonds is 12. The summed E-state index contributed by atoms with van der Waals surface area (Å²) in [6.45, 7) is -0.231. The van der Waals surface area contributed by atoms with E-state index in [1.807, 2.05) is 0 Å². The Morgan fingerprint density at radius 2 is 0.520 bits per heavy atom. The van der Waals surface area contributed by atoms with Crippen LogP contribution in [0.3, 0.4) is 0 Å². The molecule has 0 bridgehead atoms. The number of aromatic nitrogens is 2. The Kier molecular flexibility index (Phi) is 14.0. The predicted octanol–water partition coefficient (Wildman–Crippen LogP) is 23.8. The van der Waals surface area contributed by atoms with Crippen molar-refractivity contribution in [2.75, 3.05) is 14.7 Å². The van der Waals surface area contributed by atoms with E-state index in [1.165, 1.54) is 49.0 Å². The first kappa shape index (κ1) is 58.7. The highest BCUT2D eigenvalue weighted by molar-refractivity contribution is 7.00. The summed E-state index contributed by atoms with van der Waals surface area (Å²) in [4.78, 5) is 7.67. The first-order valence-electron chi connectivity index (χ1n) is 35.2. The molecule has 0 amide bonds. The van der Waals surface area contributed by atoms with Gasteiger partial charge in [0, 0.05) is 78.4 Å². The van der Waals surface area contributed by atoms with Gasteiger partial charge in [-0.25, -0.2) is 0 Å². The highest BCUT2D eigenvalue weighted by Crippen LogP contribution is 2.51. The fourth-order valence-electron chi connectivity index (χ4n) is 16.4. The molecule has 476 valence electrons. The van der Waals surface area contributed by atoms with Crippen LogP contribution in [0.5, 0.6) is 0 Å². The molecule has 0 atom stereocenters. The molecule has 4 heterocycles. The number of nitrogens with zero attached hydrogens (tertiary/aromatic N) is 5. The average Bonchev–Trinajstić information content (AvgIpc) is 0.856. The second-order valence-electron chi connectivity index (χ2n) is 26.8. The molecule has 0 aliphatic carbocycles. The molecular weight excluding hydrogens is 1230 g/mol. The summed E-state index contributed by atoms with van der Waals surface area (Å²) < 4.78 is 4.92. The van der Waals surface area contributed by atoms with E-state index >= 15 is 0 Å². The van der Waals surface area contributed by atoms with Gasteiger partial charge in [0.15, 0.2) is 0 Å². The minimum absolute atomic E-state index is 0.231. The van der Waals surface area contributed by atoms with Gasteiger partial charge in [-0.2, -0.15) is 0 Å². The van der Waals surface area contributed by atoms with Crippen LogP contribution in [0.2, 0.25) is 0 Å². The molecule has 18 aromatic rings. The molecule has 102 heavy (non-hydrogen) atoms. The monoisotopic (exact) mass is 1300 g/mol. The maximum atomic E-state index is 2.62. The molecule has 0 saturated carbocycles. The molecule has 16 aromatic carbocycles. The Bertz CT molecular complexity index is 6030. The normalized spacial score (nSPS) is 12.3. The minimum atomic E-state index is -0.231. The van der Waals surface area contributed by atoms with Gasteiger partial charge in [0.2, 0.25) is 0 Å². The molecule has 0 unspecified atom stereocenters. The van der Waals surface area contributed by atoms with Crippen molar-refractivity contribution in [3.8, 4) is 67.0 Å². The van der Waals surface area contributed by atoms with Crippen LogP contribution in [-0.2, 0) is 0 Å². The molecule has 2 aliphatic rings. The molecule has 2 aromatic heterocycles. The zero-order chi connectivity index (χ0) is 67.2. The molecule has 0 radical (unpaired) electrons. The fourth-order valence-corrected chi connectivity index (χ4v) is 16.4. The molecule has 2 aliphatic heterocycles. The zero-order valence-electron chi connectivity index (χ0n) is 55.8. The average molecular weight is 1300 g/mol. The summed E-state index contributed by atoms with van der Waals surface area (Å²) >= 11 is 0. The van der Waals surface area contributed by atoms with E-state index < -0.39 is 0 Å². The number of benzene rings is 16. The molecular formula is C96H64BN5. The summed E-state index contributed by atoms with van der Waals surface area (Å²) in [5.74, 6) is 0. The lowest BCUT2D eigenvalue weighted by atomic mass is 9.33. The second-order valence-corrected chi connectivity index (χ2v) is 26.8. The van der Waals surface area contributed by atoms with Crippen LogP contribution in [-0.4, -0.2) is 15.8 Å². The lowest BCUT2D eigenvalue weighted by Crippen LogP contribution is -2.61. The number of hydrogen-bond acceptors (Lipinski definition) is 3. The van der Waals surface area contributed by atoms with Gasteiger partial charge in [-0.15, -0.1) is 0 Å². The van der Waals surface area contributed by atoms with Gasteiger partial charge >= 0.3 is 0 Å². The quantitative estimate of drug-likeness (QED) is 0.114. The van der Waals surface area contributed by atoms with E-state index in [4.69, 9.17) is 0 Å². The summed E-state index contributed by atoms with van der Waals surface area (Å²) in [5, 5.41) is 4.88. The van der Waals surface area contributed by atoms with Crippen molar-refractivity contribution >= 4 is 118 Å². The first-order valence-corrected chi connectivity index (χ1v) is 35.2. The number of hydrogen-bond donors (Lipinski definition) is 0. The minimum Gasteiger partial charge on any atom is -0.311 e. The van der Waals surface area contributed by atoms with E-state index in [1.54, 1.807) is 0 Å². The summed E-state index contributed by atoms with van der Waals surface area (Å²) in [6.07, 6.45) is 0. The highest BCUT2D eigenvalue weighted by Gasteiger charge is 2.45. The van der Waals surface area contributed by atoms with Crippen molar-refractivity contribution in [2.24, 2.45) is 0 Å². The Labute approximate surface area is 593 Å². The van der Waals surface area contributed by atoms with Crippen molar-refractivity contribution in [2.45, 2.75) is 0 Å². The van der Waals surface area contributed by atoms with Crippen LogP contribution in [0.25, 0.3) is 111 Å². The fraction of sp³-hybridized carbons (Fsp3) is 0. The van der Waals surface area contributed by atoms with Crippen LogP contribution in [0, 0.1) is 0 Å². The Morgan fingerprint density at radius 1 is 0.196 bits per heavy atom. The molecule has 0 spiro atoms. The standard InChI is InChI=1S/C96H64BN5/c1-7-27-65(28-8-1)70-47-53-86-92(61-70)101(79-57-71(66-29-9-2-10-30-66)55-72(58-79)67-31-11-3-12-32-67)94-63-81(100-90-45-25-21-41-84(90)85-42-22-26-46-91(85)100)64-95-96(94)97(86)87-54-52-78(62-93(87)102(95)80-59-73(68-33-13-4-14-34-68)56-74(60-80)69-35-15-5-16-36-69)98(75-37-17-6-18-38-75)76-48-50-77(51-49-76)99-88-43-23-19-39-82(88)83-40-20-24-44-89(83)99/h1-64H. The SMILES string of the molecule is c1ccc(-c2cc(-c3ccccc3)cc(N3c4cc(-c5ccccc5)ccc4B4c5ccc(N(c6ccccc6)c6ccc(-n7c8ccccc8c8ccccc87)cc6)cc5N(c5cc(-c6ccccc6)cc(-c6ccccc6)c5)c5cc(-n6c7ccccc7c7ccccc76)cc3c54)c2)cc1. The first-order chi connectivity index (χ1) is 50.6. The topological polar surface area (TPSA) is 19.6 Å². The van der Waals surface area contributed by atoms with Crippen LogP contribution in [0.4, 0.5) is 51.2 Å². The molecule has 0 N–H and O–H groups in total. The largest absolute Gasteiger partial charge is 0.311 e. The second kappa shape index (κ2) is 24.2. The molecule has 0 fully saturated rings. The number of para-hydroxylation sites is 5. The van der Waals surface area contributed by atoms with Gasteiger partial charge < -0.3 is 23.8 Å². The molecule has 0 saturated heterocycles. The molecule has 6 heteroatoms. The van der Waals surface area contributed by atoms with Crippen molar-refractivity contribution < 1.29 is 0 Å². The number of anilines is 9. The highest BCUT2D eigenvalue weighted by atomic mass is 15.2. The molecule has 5 nitrogen and oxygen atoms in total. The zero-order valence-corrected chi connectivity index (χ0v) is 55.8. The van der Waals surface area contributed by atoms with E-state index in [9.17, 15) is 0 Å². The van der Waals surface area contributed by atoms with Crippen LogP contribution < -0.4 is 31.1 Å². The van der Waals surface area contributed by atoms with Crippen molar-refractivity contribution in [1.29, 1.82) is 0 Å². The van der Waals surface area contributed by atoms with Gasteiger partial charge in [-0.1, -0.05) is 261 Å². The van der Waals surface area contributed by atoms with Crippen LogP contribution in [0.15, 0.2) is 388 Å². The Hall–Kier alpha value is -13.4. The van der Waals surface area contributed by atoms with E-state index in [-0.39, 0.29) is 6.71 Å². The third kappa shape index (κ3) is 9.79. The lowest BCUT2D eigenvalue weighted by molar-refractivity contribution is 1.16. The van der Waals surface area contributed by atoms with E-state index in [0.717, 1.165) is 129 Å². The lowest BCUT2D eigenvalue weighted by Gasteiger charge is -2.45. The van der Waals surface area contributed by atoms with Gasteiger partial charge in [0.25, 0.3) is 6.71 Å². The van der Waals surface area contributed by atoms with Crippen molar-refractivity contribution in [3.05, 3.63) is 388 Å². The molecule has 20 rings (SSSR count). The van der Waals surface area contributed by atoms with Crippen LogP contribution in [0.1, 0.15) is 0 Å². The Balaban J connectivity index is 0.898.